The zero-order chi connectivity index (χ0) is 19.1. The molecule has 2 aromatic rings. The van der Waals surface area contributed by atoms with Crippen LogP contribution in [-0.4, -0.2) is 11.6 Å². The van der Waals surface area contributed by atoms with Crippen molar-refractivity contribution in [2.45, 2.75) is 58.8 Å². The summed E-state index contributed by atoms with van der Waals surface area (Å²) < 4.78 is 0. The SMILES string of the molecule is CC(=O)C(C)(C)c1ccccc1.CCC(=O)C(C)(C)c1ccccc1. The molecule has 0 saturated carbocycles. The van der Waals surface area contributed by atoms with Gasteiger partial charge in [0.15, 0.2) is 0 Å². The number of carbonyl (C=O) groups is 2. The smallest absolute Gasteiger partial charge is 0.142 e. The third-order valence-electron chi connectivity index (χ3n) is 4.89. The second-order valence-electron chi connectivity index (χ2n) is 7.31. The minimum atomic E-state index is -0.346. The Morgan fingerprint density at radius 2 is 1.08 bits per heavy atom. The van der Waals surface area contributed by atoms with E-state index in [1.807, 2.05) is 95.3 Å². The van der Waals surface area contributed by atoms with E-state index in [2.05, 4.69) is 0 Å². The van der Waals surface area contributed by atoms with Gasteiger partial charge in [0.1, 0.15) is 11.6 Å². The Balaban J connectivity index is 0.000000251. The molecule has 0 saturated heterocycles. The van der Waals surface area contributed by atoms with Crippen LogP contribution in [0.2, 0.25) is 0 Å². The number of hydrogen-bond acceptors (Lipinski definition) is 2. The Hall–Kier alpha value is -2.22. The summed E-state index contributed by atoms with van der Waals surface area (Å²) in [5.74, 6) is 0.493. The molecule has 0 amide bonds. The minimum absolute atomic E-state index is 0.203. The Morgan fingerprint density at radius 1 is 0.720 bits per heavy atom. The number of carbonyl (C=O) groups excluding carboxylic acids is 2. The van der Waals surface area contributed by atoms with Gasteiger partial charge in [-0.1, -0.05) is 67.6 Å². The summed E-state index contributed by atoms with van der Waals surface area (Å²) in [6.45, 7) is 11.4. The van der Waals surface area contributed by atoms with Crippen LogP contribution >= 0.6 is 0 Å². The van der Waals surface area contributed by atoms with Gasteiger partial charge in [0.05, 0.1) is 0 Å². The molecule has 2 aromatic carbocycles. The summed E-state index contributed by atoms with van der Waals surface area (Å²) in [7, 11) is 0. The van der Waals surface area contributed by atoms with Crippen molar-refractivity contribution in [3.8, 4) is 0 Å². The van der Waals surface area contributed by atoms with Crippen LogP contribution < -0.4 is 0 Å². The number of rotatable bonds is 5. The maximum atomic E-state index is 11.6. The predicted octanol–water partition coefficient (Wildman–Crippen LogP) is 5.50. The predicted molar refractivity (Wildman–Crippen MR) is 105 cm³/mol. The van der Waals surface area contributed by atoms with Gasteiger partial charge in [0, 0.05) is 17.3 Å². The van der Waals surface area contributed by atoms with Crippen molar-refractivity contribution in [1.82, 2.24) is 0 Å². The van der Waals surface area contributed by atoms with Crippen LogP contribution in [0.25, 0.3) is 0 Å². The highest BCUT2D eigenvalue weighted by atomic mass is 16.1. The maximum Gasteiger partial charge on any atom is 0.142 e. The molecule has 0 aliphatic heterocycles. The van der Waals surface area contributed by atoms with E-state index in [-0.39, 0.29) is 16.6 Å². The lowest BCUT2D eigenvalue weighted by Crippen LogP contribution is -2.28. The highest BCUT2D eigenvalue weighted by Gasteiger charge is 2.27. The van der Waals surface area contributed by atoms with Gasteiger partial charge in [-0.15, -0.1) is 0 Å². The average Bonchev–Trinajstić information content (AvgIpc) is 2.62. The first-order valence-corrected chi connectivity index (χ1v) is 8.79. The fraction of sp³-hybridized carbons (Fsp3) is 0.391. The highest BCUT2D eigenvalue weighted by molar-refractivity contribution is 5.89. The van der Waals surface area contributed by atoms with Crippen LogP contribution in [0.4, 0.5) is 0 Å². The first kappa shape index (κ1) is 20.8. The Kier molecular flexibility index (Phi) is 7.29. The fourth-order valence-corrected chi connectivity index (χ4v) is 2.52. The summed E-state index contributed by atoms with van der Waals surface area (Å²) >= 11 is 0. The van der Waals surface area contributed by atoms with Gasteiger partial charge in [-0.2, -0.15) is 0 Å². The van der Waals surface area contributed by atoms with Crippen molar-refractivity contribution in [1.29, 1.82) is 0 Å². The lowest BCUT2D eigenvalue weighted by atomic mass is 9.80. The molecule has 0 aliphatic rings. The molecule has 0 heterocycles. The van der Waals surface area contributed by atoms with E-state index in [9.17, 15) is 9.59 Å². The normalized spacial score (nSPS) is 11.3. The van der Waals surface area contributed by atoms with Gasteiger partial charge in [-0.3, -0.25) is 9.59 Å². The van der Waals surface area contributed by atoms with Crippen molar-refractivity contribution in [2.75, 3.05) is 0 Å². The van der Waals surface area contributed by atoms with E-state index in [0.717, 1.165) is 11.1 Å². The number of hydrogen-bond donors (Lipinski definition) is 0. The standard InChI is InChI=1S/C12H16O.C11H14O/c1-4-11(13)12(2,3)10-8-6-5-7-9-10;1-9(12)11(2,3)10-7-5-4-6-8-10/h5-9H,4H2,1-3H3;4-8H,1-3H3. The zero-order valence-electron chi connectivity index (χ0n) is 16.3. The van der Waals surface area contributed by atoms with E-state index in [4.69, 9.17) is 0 Å². The van der Waals surface area contributed by atoms with E-state index in [0.29, 0.717) is 12.2 Å². The van der Waals surface area contributed by atoms with Crippen LogP contribution in [-0.2, 0) is 20.4 Å². The molecule has 0 N–H and O–H groups in total. The van der Waals surface area contributed by atoms with Crippen LogP contribution in [0.15, 0.2) is 60.7 Å². The van der Waals surface area contributed by atoms with Crippen LogP contribution in [0, 0.1) is 0 Å². The summed E-state index contributed by atoms with van der Waals surface area (Å²) in [5.41, 5.74) is 1.50. The molecule has 0 atom stereocenters. The van der Waals surface area contributed by atoms with E-state index < -0.39 is 0 Å². The lowest BCUT2D eigenvalue weighted by Gasteiger charge is -2.22. The molecule has 0 aromatic heterocycles. The molecule has 2 heteroatoms. The molecular formula is C23H30O2. The molecule has 0 fully saturated rings. The summed E-state index contributed by atoms with van der Waals surface area (Å²) in [6.07, 6.45) is 0.599. The van der Waals surface area contributed by atoms with Crippen LogP contribution in [0.3, 0.4) is 0 Å². The van der Waals surface area contributed by atoms with Crippen molar-refractivity contribution < 1.29 is 9.59 Å². The topological polar surface area (TPSA) is 34.1 Å². The fourth-order valence-electron chi connectivity index (χ4n) is 2.52. The zero-order valence-corrected chi connectivity index (χ0v) is 16.3. The largest absolute Gasteiger partial charge is 0.299 e. The van der Waals surface area contributed by atoms with Crippen molar-refractivity contribution in [3.63, 3.8) is 0 Å². The van der Waals surface area contributed by atoms with Crippen molar-refractivity contribution in [3.05, 3.63) is 71.8 Å². The van der Waals surface area contributed by atoms with Crippen molar-refractivity contribution >= 4 is 11.6 Å². The monoisotopic (exact) mass is 338 g/mol. The number of Topliss-reactive ketones (excluding diaryl/α,β-unsaturated/α-hetero) is 2. The molecule has 0 radical (unpaired) electrons. The van der Waals surface area contributed by atoms with Gasteiger partial charge in [0.25, 0.3) is 0 Å². The van der Waals surface area contributed by atoms with Gasteiger partial charge in [-0.05, 0) is 45.7 Å². The molecule has 0 unspecified atom stereocenters. The van der Waals surface area contributed by atoms with Gasteiger partial charge < -0.3 is 0 Å². The lowest BCUT2D eigenvalue weighted by molar-refractivity contribution is -0.123. The van der Waals surface area contributed by atoms with Crippen LogP contribution in [0.1, 0.15) is 59.1 Å². The van der Waals surface area contributed by atoms with E-state index in [1.54, 1.807) is 6.92 Å². The van der Waals surface area contributed by atoms with E-state index in [1.165, 1.54) is 0 Å². The Bertz CT molecular complexity index is 683. The highest BCUT2D eigenvalue weighted by Crippen LogP contribution is 2.25. The molecule has 134 valence electrons. The third kappa shape index (κ3) is 5.38. The second-order valence-corrected chi connectivity index (χ2v) is 7.31. The van der Waals surface area contributed by atoms with E-state index >= 15 is 0 Å². The van der Waals surface area contributed by atoms with Crippen molar-refractivity contribution in [2.24, 2.45) is 0 Å². The molecule has 0 aliphatic carbocycles. The van der Waals surface area contributed by atoms with Crippen LogP contribution in [0.5, 0.6) is 0 Å². The van der Waals surface area contributed by atoms with Gasteiger partial charge in [0.2, 0.25) is 0 Å². The molecule has 2 nitrogen and oxygen atoms in total. The summed E-state index contributed by atoms with van der Waals surface area (Å²) in [4.78, 5) is 22.9. The quantitative estimate of drug-likeness (QED) is 0.721. The average molecular weight is 338 g/mol. The Morgan fingerprint density at radius 3 is 1.40 bits per heavy atom. The minimum Gasteiger partial charge on any atom is -0.299 e. The Labute approximate surface area is 152 Å². The maximum absolute atomic E-state index is 11.6. The van der Waals surface area contributed by atoms with Gasteiger partial charge in [-0.25, -0.2) is 0 Å². The molecule has 0 bridgehead atoms. The third-order valence-corrected chi connectivity index (χ3v) is 4.89. The molecular weight excluding hydrogens is 308 g/mol. The molecule has 0 spiro atoms. The number of ketones is 2. The van der Waals surface area contributed by atoms with Gasteiger partial charge >= 0.3 is 0 Å². The summed E-state index contributed by atoms with van der Waals surface area (Å²) in [5, 5.41) is 0. The molecule has 25 heavy (non-hydrogen) atoms. The second kappa shape index (κ2) is 8.75. The molecule has 2 rings (SSSR count). The summed E-state index contributed by atoms with van der Waals surface area (Å²) in [6, 6.07) is 19.8. The number of benzene rings is 2. The first-order chi connectivity index (χ1) is 11.6. The first-order valence-electron chi connectivity index (χ1n) is 8.79.